The van der Waals surface area contributed by atoms with E-state index in [9.17, 15) is 14.5 Å². The van der Waals surface area contributed by atoms with Crippen molar-refractivity contribution in [2.24, 2.45) is 5.10 Å². The zero-order chi connectivity index (χ0) is 20.6. The Morgan fingerprint density at radius 2 is 1.93 bits per heavy atom. The van der Waals surface area contributed by atoms with Crippen molar-refractivity contribution >= 4 is 17.6 Å². The molecule has 0 saturated carbocycles. The van der Waals surface area contributed by atoms with Gasteiger partial charge in [0, 0.05) is 17.7 Å². The van der Waals surface area contributed by atoms with Crippen molar-refractivity contribution in [3.8, 4) is 11.5 Å². The summed E-state index contributed by atoms with van der Waals surface area (Å²) in [5, 5.41) is 14.9. The zero-order valence-electron chi connectivity index (χ0n) is 15.5. The number of ether oxygens (including phenoxy) is 2. The fourth-order valence-electron chi connectivity index (χ4n) is 2.53. The van der Waals surface area contributed by atoms with E-state index in [1.54, 1.807) is 54.7 Å². The number of rotatable bonds is 8. The second kappa shape index (κ2) is 9.32. The van der Waals surface area contributed by atoms with Crippen LogP contribution in [0.1, 0.15) is 11.1 Å². The van der Waals surface area contributed by atoms with Crippen LogP contribution in [0.5, 0.6) is 11.5 Å². The van der Waals surface area contributed by atoms with Crippen LogP contribution in [0.2, 0.25) is 0 Å². The van der Waals surface area contributed by atoms with Gasteiger partial charge in [-0.15, -0.1) is 0 Å². The number of hydrogen-bond acceptors (Lipinski definition) is 6. The lowest BCUT2D eigenvalue weighted by molar-refractivity contribution is -0.384. The van der Waals surface area contributed by atoms with Crippen LogP contribution in [-0.2, 0) is 6.61 Å². The van der Waals surface area contributed by atoms with Gasteiger partial charge in [-0.05, 0) is 35.9 Å². The first-order chi connectivity index (χ1) is 14.1. The second-order valence-corrected chi connectivity index (χ2v) is 5.97. The lowest BCUT2D eigenvalue weighted by Crippen LogP contribution is -2.00. The predicted octanol–water partition coefficient (Wildman–Crippen LogP) is 4.77. The summed E-state index contributed by atoms with van der Waals surface area (Å²) in [6.07, 6.45) is 1.54. The fraction of sp³-hybridized carbons (Fsp3) is 0.0952. The molecule has 3 aromatic carbocycles. The van der Waals surface area contributed by atoms with E-state index >= 15 is 0 Å². The second-order valence-electron chi connectivity index (χ2n) is 5.97. The molecule has 0 aliphatic carbocycles. The molecule has 0 radical (unpaired) electrons. The van der Waals surface area contributed by atoms with Gasteiger partial charge in [0.2, 0.25) is 0 Å². The monoisotopic (exact) mass is 395 g/mol. The largest absolute Gasteiger partial charge is 0.493 e. The number of halogens is 1. The van der Waals surface area contributed by atoms with Crippen LogP contribution in [0.4, 0.5) is 15.8 Å². The number of nitro groups is 1. The maximum atomic E-state index is 13.7. The predicted molar refractivity (Wildman–Crippen MR) is 108 cm³/mol. The Labute approximate surface area is 166 Å². The first-order valence-corrected chi connectivity index (χ1v) is 8.64. The number of nitro benzene ring substituents is 1. The number of non-ortho nitro benzene ring substituents is 1. The zero-order valence-corrected chi connectivity index (χ0v) is 15.5. The van der Waals surface area contributed by atoms with Crippen LogP contribution < -0.4 is 14.9 Å². The van der Waals surface area contributed by atoms with Crippen LogP contribution in [0.15, 0.2) is 71.8 Å². The van der Waals surface area contributed by atoms with Crippen LogP contribution in [0, 0.1) is 15.9 Å². The molecule has 0 spiro atoms. The molecule has 148 valence electrons. The fourth-order valence-corrected chi connectivity index (χ4v) is 2.53. The number of hydrogen-bond donors (Lipinski definition) is 1. The van der Waals surface area contributed by atoms with Crippen molar-refractivity contribution in [1.82, 2.24) is 0 Å². The van der Waals surface area contributed by atoms with Gasteiger partial charge >= 0.3 is 0 Å². The summed E-state index contributed by atoms with van der Waals surface area (Å²) in [7, 11) is 1.51. The number of nitrogens with zero attached hydrogens (tertiary/aromatic N) is 2. The minimum Gasteiger partial charge on any atom is -0.493 e. The molecule has 7 nitrogen and oxygen atoms in total. The van der Waals surface area contributed by atoms with Gasteiger partial charge in [-0.2, -0.15) is 5.10 Å². The molecule has 0 unspecified atom stereocenters. The highest BCUT2D eigenvalue weighted by atomic mass is 19.1. The van der Waals surface area contributed by atoms with Gasteiger partial charge in [0.05, 0.1) is 23.9 Å². The van der Waals surface area contributed by atoms with E-state index in [4.69, 9.17) is 9.47 Å². The highest BCUT2D eigenvalue weighted by molar-refractivity contribution is 5.81. The maximum Gasteiger partial charge on any atom is 0.271 e. The number of nitrogens with one attached hydrogen (secondary N) is 1. The van der Waals surface area contributed by atoms with E-state index in [2.05, 4.69) is 10.5 Å². The Hall–Kier alpha value is -3.94. The van der Waals surface area contributed by atoms with Crippen molar-refractivity contribution < 1.29 is 18.8 Å². The summed E-state index contributed by atoms with van der Waals surface area (Å²) < 4.78 is 24.7. The topological polar surface area (TPSA) is 86.0 Å². The molecule has 0 bridgehead atoms. The molecule has 1 N–H and O–H groups in total. The average Bonchev–Trinajstić information content (AvgIpc) is 2.74. The van der Waals surface area contributed by atoms with Gasteiger partial charge in [-0.25, -0.2) is 4.39 Å². The summed E-state index contributed by atoms with van der Waals surface area (Å²) in [4.78, 5) is 10.3. The van der Waals surface area contributed by atoms with Gasteiger partial charge in [0.1, 0.15) is 12.4 Å². The molecule has 0 amide bonds. The lowest BCUT2D eigenvalue weighted by Gasteiger charge is -2.11. The van der Waals surface area contributed by atoms with E-state index in [0.29, 0.717) is 22.7 Å². The van der Waals surface area contributed by atoms with E-state index < -0.39 is 4.92 Å². The van der Waals surface area contributed by atoms with Crippen molar-refractivity contribution in [1.29, 1.82) is 0 Å². The molecule has 0 heterocycles. The maximum absolute atomic E-state index is 13.7. The van der Waals surface area contributed by atoms with Gasteiger partial charge in [-0.1, -0.05) is 24.3 Å². The molecule has 0 fully saturated rings. The lowest BCUT2D eigenvalue weighted by atomic mass is 10.2. The molecule has 3 rings (SSSR count). The van der Waals surface area contributed by atoms with Crippen molar-refractivity contribution in [3.63, 3.8) is 0 Å². The minimum absolute atomic E-state index is 0.0248. The van der Waals surface area contributed by atoms with Gasteiger partial charge < -0.3 is 9.47 Å². The SMILES string of the molecule is COc1cc(C=NNc2cccc([N+](=O)[O-])c2)ccc1OCc1ccccc1F. The minimum atomic E-state index is -0.472. The summed E-state index contributed by atoms with van der Waals surface area (Å²) >= 11 is 0. The molecule has 8 heteroatoms. The molecule has 0 atom stereocenters. The average molecular weight is 395 g/mol. The summed E-state index contributed by atoms with van der Waals surface area (Å²) in [6, 6.07) is 17.6. The van der Waals surface area contributed by atoms with Gasteiger partial charge in [0.25, 0.3) is 5.69 Å². The Kier molecular flexibility index (Phi) is 6.36. The Morgan fingerprint density at radius 3 is 2.69 bits per heavy atom. The van der Waals surface area contributed by atoms with E-state index in [1.807, 2.05) is 0 Å². The molecule has 29 heavy (non-hydrogen) atoms. The standard InChI is InChI=1S/C21H18FN3O4/c1-28-21-11-15(13-23-24-17-6-4-7-18(12-17)25(26)27)9-10-20(21)29-14-16-5-2-3-8-19(16)22/h2-13,24H,14H2,1H3. The summed E-state index contributed by atoms with van der Waals surface area (Å²) in [6.45, 7) is 0.0742. The first-order valence-electron chi connectivity index (χ1n) is 8.64. The molecular formula is C21H18FN3O4. The van der Waals surface area contributed by atoms with E-state index in [1.165, 1.54) is 25.3 Å². The quantitative estimate of drug-likeness (QED) is 0.337. The Morgan fingerprint density at radius 1 is 1.10 bits per heavy atom. The molecule has 0 aliphatic heterocycles. The van der Waals surface area contributed by atoms with Crippen molar-refractivity contribution in [2.45, 2.75) is 6.61 Å². The van der Waals surface area contributed by atoms with Crippen molar-refractivity contribution in [3.05, 3.63) is 93.8 Å². The van der Waals surface area contributed by atoms with Gasteiger partial charge in [0.15, 0.2) is 11.5 Å². The van der Waals surface area contributed by atoms with Gasteiger partial charge in [-0.3, -0.25) is 15.5 Å². The first kappa shape index (κ1) is 19.8. The van der Waals surface area contributed by atoms with Crippen molar-refractivity contribution in [2.75, 3.05) is 12.5 Å². The number of benzene rings is 3. The normalized spacial score (nSPS) is 10.7. The molecule has 3 aromatic rings. The van der Waals surface area contributed by atoms with Crippen LogP contribution >= 0.6 is 0 Å². The number of anilines is 1. The summed E-state index contributed by atoms with van der Waals surface area (Å²) in [5.41, 5.74) is 4.38. The molecule has 0 saturated heterocycles. The third kappa shape index (κ3) is 5.29. The molecular weight excluding hydrogens is 377 g/mol. The number of methoxy groups -OCH3 is 1. The van der Waals surface area contributed by atoms with Crippen LogP contribution in [-0.4, -0.2) is 18.2 Å². The Bertz CT molecular complexity index is 1040. The highest BCUT2D eigenvalue weighted by Crippen LogP contribution is 2.28. The summed E-state index contributed by atoms with van der Waals surface area (Å²) in [5.74, 6) is 0.614. The van der Waals surface area contributed by atoms with Crippen LogP contribution in [0.25, 0.3) is 0 Å². The smallest absolute Gasteiger partial charge is 0.271 e. The van der Waals surface area contributed by atoms with E-state index in [-0.39, 0.29) is 18.1 Å². The Balaban J connectivity index is 1.66. The van der Waals surface area contributed by atoms with Crippen LogP contribution in [0.3, 0.4) is 0 Å². The highest BCUT2D eigenvalue weighted by Gasteiger charge is 2.08. The molecule has 0 aliphatic rings. The third-order valence-electron chi connectivity index (χ3n) is 3.99. The molecule has 0 aromatic heterocycles. The van der Waals surface area contributed by atoms with E-state index in [0.717, 1.165) is 5.56 Å². The third-order valence-corrected chi connectivity index (χ3v) is 3.99. The number of hydrazone groups is 1.